The molecule has 0 radical (unpaired) electrons. The first-order chi connectivity index (χ1) is 16.5. The van der Waals surface area contributed by atoms with Crippen LogP contribution in [0.15, 0.2) is 83.7 Å². The normalized spacial score (nSPS) is 12.1. The molecule has 0 fully saturated rings. The van der Waals surface area contributed by atoms with Crippen molar-refractivity contribution in [3.05, 3.63) is 109 Å². The van der Waals surface area contributed by atoms with Crippen LogP contribution >= 0.6 is 22.9 Å². The van der Waals surface area contributed by atoms with Gasteiger partial charge < -0.3 is 10.1 Å². The van der Waals surface area contributed by atoms with E-state index in [2.05, 4.69) is 5.32 Å². The monoisotopic (exact) mass is 487 g/mol. The van der Waals surface area contributed by atoms with Crippen LogP contribution in [-0.2, 0) is 4.79 Å². The highest BCUT2D eigenvalue weighted by molar-refractivity contribution is 7.07. The third-order valence-corrected chi connectivity index (χ3v) is 6.37. The Morgan fingerprint density at radius 1 is 1.06 bits per heavy atom. The SMILES string of the molecule is COc1ccc(NC(=O)/C(C#N)=c2\s/c(=C/c3ccccc3Cl)c(=O)n2-c2ccccc2)cc1. The first-order valence-corrected chi connectivity index (χ1v) is 11.3. The molecule has 0 aliphatic carbocycles. The molecule has 0 saturated carbocycles. The number of anilines is 1. The van der Waals surface area contributed by atoms with Crippen molar-refractivity contribution in [1.82, 2.24) is 4.57 Å². The fourth-order valence-corrected chi connectivity index (χ4v) is 4.54. The second kappa shape index (κ2) is 10.2. The van der Waals surface area contributed by atoms with Gasteiger partial charge >= 0.3 is 0 Å². The van der Waals surface area contributed by atoms with Crippen molar-refractivity contribution in [3.8, 4) is 17.5 Å². The Morgan fingerprint density at radius 2 is 1.74 bits per heavy atom. The lowest BCUT2D eigenvalue weighted by molar-refractivity contribution is -0.111. The molecule has 0 bridgehead atoms. The van der Waals surface area contributed by atoms with Crippen molar-refractivity contribution in [2.24, 2.45) is 0 Å². The third kappa shape index (κ3) is 4.79. The lowest BCUT2D eigenvalue weighted by atomic mass is 10.2. The number of methoxy groups -OCH3 is 1. The van der Waals surface area contributed by atoms with E-state index in [4.69, 9.17) is 16.3 Å². The number of benzene rings is 3. The number of amides is 1. The van der Waals surface area contributed by atoms with E-state index >= 15 is 0 Å². The highest BCUT2D eigenvalue weighted by atomic mass is 35.5. The Balaban J connectivity index is 1.92. The molecule has 0 spiro atoms. The summed E-state index contributed by atoms with van der Waals surface area (Å²) >= 11 is 7.33. The molecule has 8 heteroatoms. The molecule has 0 atom stereocenters. The van der Waals surface area contributed by atoms with Crippen LogP contribution in [0.4, 0.5) is 5.69 Å². The molecule has 0 saturated heterocycles. The molecule has 0 aliphatic rings. The summed E-state index contributed by atoms with van der Waals surface area (Å²) in [6.45, 7) is 0. The van der Waals surface area contributed by atoms with Crippen LogP contribution in [0.5, 0.6) is 5.75 Å². The zero-order chi connectivity index (χ0) is 24.1. The quantitative estimate of drug-likeness (QED) is 0.465. The fraction of sp³-hybridized carbons (Fsp3) is 0.0385. The molecule has 1 heterocycles. The Labute approximate surface area is 204 Å². The molecule has 1 N–H and O–H groups in total. The van der Waals surface area contributed by atoms with Crippen LogP contribution in [0.1, 0.15) is 5.56 Å². The average Bonchev–Trinajstić information content (AvgIpc) is 3.17. The van der Waals surface area contributed by atoms with E-state index in [-0.39, 0.29) is 15.8 Å². The van der Waals surface area contributed by atoms with Crippen LogP contribution in [0.2, 0.25) is 5.02 Å². The smallest absolute Gasteiger partial charge is 0.273 e. The first kappa shape index (κ1) is 23.1. The van der Waals surface area contributed by atoms with Gasteiger partial charge in [0.15, 0.2) is 5.57 Å². The van der Waals surface area contributed by atoms with Crippen molar-refractivity contribution >= 4 is 46.2 Å². The van der Waals surface area contributed by atoms with E-state index in [1.165, 1.54) is 4.57 Å². The van der Waals surface area contributed by atoms with Crippen LogP contribution in [0, 0.1) is 11.3 Å². The van der Waals surface area contributed by atoms with E-state index in [1.54, 1.807) is 79.9 Å². The fourth-order valence-electron chi connectivity index (χ4n) is 3.26. The minimum atomic E-state index is -0.622. The number of nitriles is 1. The van der Waals surface area contributed by atoms with Crippen molar-refractivity contribution in [2.75, 3.05) is 12.4 Å². The molecule has 3 aromatic carbocycles. The summed E-state index contributed by atoms with van der Waals surface area (Å²) in [6, 6.07) is 24.7. The van der Waals surface area contributed by atoms with Gasteiger partial charge in [0.2, 0.25) is 0 Å². The van der Waals surface area contributed by atoms with Crippen molar-refractivity contribution in [2.45, 2.75) is 0 Å². The van der Waals surface area contributed by atoms with Gasteiger partial charge in [-0.2, -0.15) is 5.26 Å². The maximum absolute atomic E-state index is 13.4. The van der Waals surface area contributed by atoms with Crippen molar-refractivity contribution in [1.29, 1.82) is 5.26 Å². The number of nitrogens with zero attached hydrogens (tertiary/aromatic N) is 2. The summed E-state index contributed by atoms with van der Waals surface area (Å²) < 4.78 is 7.07. The summed E-state index contributed by atoms with van der Waals surface area (Å²) in [5.74, 6) is 0.0151. The molecule has 1 amide bonds. The number of ether oxygens (including phenoxy) is 1. The van der Waals surface area contributed by atoms with E-state index in [1.807, 2.05) is 18.2 Å². The molecule has 6 nitrogen and oxygen atoms in total. The summed E-state index contributed by atoms with van der Waals surface area (Å²) in [6.07, 6.45) is 1.66. The van der Waals surface area contributed by atoms with Gasteiger partial charge in [0.25, 0.3) is 11.5 Å². The molecule has 0 aliphatic heterocycles. The van der Waals surface area contributed by atoms with Gasteiger partial charge in [-0.1, -0.05) is 48.0 Å². The Hall–Kier alpha value is -4.12. The number of aromatic nitrogens is 1. The highest BCUT2D eigenvalue weighted by Crippen LogP contribution is 2.17. The van der Waals surface area contributed by atoms with Crippen LogP contribution in [0.3, 0.4) is 0 Å². The van der Waals surface area contributed by atoms with Crippen LogP contribution in [0.25, 0.3) is 17.3 Å². The molecule has 1 aromatic heterocycles. The zero-order valence-corrected chi connectivity index (χ0v) is 19.6. The molecular weight excluding hydrogens is 470 g/mol. The molecule has 168 valence electrons. The third-order valence-electron chi connectivity index (χ3n) is 4.93. The van der Waals surface area contributed by atoms with E-state index in [0.29, 0.717) is 32.2 Å². The van der Waals surface area contributed by atoms with E-state index < -0.39 is 5.91 Å². The number of nitrogens with one attached hydrogen (secondary N) is 1. The summed E-state index contributed by atoms with van der Waals surface area (Å²) in [5, 5.41) is 13.1. The Kier molecular flexibility index (Phi) is 6.93. The predicted molar refractivity (Wildman–Crippen MR) is 135 cm³/mol. The second-order valence-electron chi connectivity index (χ2n) is 7.08. The van der Waals surface area contributed by atoms with Crippen LogP contribution in [-0.4, -0.2) is 17.6 Å². The van der Waals surface area contributed by atoms with Gasteiger partial charge in [-0.25, -0.2) is 0 Å². The number of thiazole rings is 1. The van der Waals surface area contributed by atoms with Gasteiger partial charge in [0, 0.05) is 10.7 Å². The number of halogens is 1. The average molecular weight is 488 g/mol. The molecular formula is C26H18ClN3O3S. The minimum absolute atomic E-state index is 0.180. The van der Waals surface area contributed by atoms with E-state index in [9.17, 15) is 14.9 Å². The summed E-state index contributed by atoms with van der Waals surface area (Å²) in [4.78, 5) is 26.5. The lowest BCUT2D eigenvalue weighted by Gasteiger charge is -2.06. The van der Waals surface area contributed by atoms with Crippen LogP contribution < -0.4 is 24.8 Å². The van der Waals surface area contributed by atoms with Gasteiger partial charge in [0.1, 0.15) is 16.5 Å². The first-order valence-electron chi connectivity index (χ1n) is 10.1. The van der Waals surface area contributed by atoms with Crippen molar-refractivity contribution in [3.63, 3.8) is 0 Å². The van der Waals surface area contributed by atoms with Gasteiger partial charge in [-0.3, -0.25) is 14.2 Å². The minimum Gasteiger partial charge on any atom is -0.497 e. The molecule has 4 aromatic rings. The lowest BCUT2D eigenvalue weighted by Crippen LogP contribution is -2.32. The summed E-state index contributed by atoms with van der Waals surface area (Å²) in [7, 11) is 1.55. The number of hydrogen-bond donors (Lipinski definition) is 1. The number of rotatable bonds is 5. The zero-order valence-electron chi connectivity index (χ0n) is 18.0. The highest BCUT2D eigenvalue weighted by Gasteiger charge is 2.17. The molecule has 34 heavy (non-hydrogen) atoms. The standard InChI is InChI=1S/C26H18ClN3O3S/c1-33-20-13-11-18(12-14-20)29-24(31)21(16-28)26-30(19-8-3-2-4-9-19)25(32)23(34-26)15-17-7-5-6-10-22(17)27/h2-15H,1H3,(H,29,31)/b23-15+,26-21-. The number of para-hydroxylation sites is 1. The predicted octanol–water partition coefficient (Wildman–Crippen LogP) is 3.70. The van der Waals surface area contributed by atoms with Gasteiger partial charge in [-0.05, 0) is 54.1 Å². The van der Waals surface area contributed by atoms with Gasteiger partial charge in [-0.15, -0.1) is 11.3 Å². The number of carbonyl (C=O) groups is 1. The maximum atomic E-state index is 13.4. The Morgan fingerprint density at radius 3 is 2.38 bits per heavy atom. The summed E-state index contributed by atoms with van der Waals surface area (Å²) in [5.41, 5.74) is 1.17. The topological polar surface area (TPSA) is 84.1 Å². The maximum Gasteiger partial charge on any atom is 0.273 e. The number of hydrogen-bond acceptors (Lipinski definition) is 5. The van der Waals surface area contributed by atoms with Gasteiger partial charge in [0.05, 0.1) is 17.3 Å². The molecule has 4 rings (SSSR count). The molecule has 0 unspecified atom stereocenters. The largest absolute Gasteiger partial charge is 0.497 e. The van der Waals surface area contributed by atoms with Crippen molar-refractivity contribution < 1.29 is 9.53 Å². The second-order valence-corrected chi connectivity index (χ2v) is 8.52. The van der Waals surface area contributed by atoms with E-state index in [0.717, 1.165) is 11.3 Å². The Bertz CT molecular complexity index is 1570. The number of carbonyl (C=O) groups excluding carboxylic acids is 1.